The van der Waals surface area contributed by atoms with Gasteiger partial charge in [-0.3, -0.25) is 4.99 Å². The average molecular weight is 335 g/mol. The molecule has 1 aliphatic carbocycles. The van der Waals surface area contributed by atoms with Gasteiger partial charge in [0.25, 0.3) is 0 Å². The molecule has 1 aromatic rings. The summed E-state index contributed by atoms with van der Waals surface area (Å²) in [6, 6.07) is 6.93. The number of rotatable bonds is 6. The fraction of sp³-hybridized carbons (Fsp3) is 0.611. The Hall–Kier alpha value is -1.23. The number of hydrogen-bond donors (Lipinski definition) is 2. The van der Waals surface area contributed by atoms with Crippen molar-refractivity contribution < 1.29 is 4.39 Å². The van der Waals surface area contributed by atoms with Gasteiger partial charge >= 0.3 is 0 Å². The van der Waals surface area contributed by atoms with Gasteiger partial charge in [-0.15, -0.1) is 0 Å². The molecule has 1 saturated heterocycles. The maximum absolute atomic E-state index is 13.1. The van der Waals surface area contributed by atoms with Gasteiger partial charge in [-0.05, 0) is 56.1 Å². The van der Waals surface area contributed by atoms with Gasteiger partial charge in [0, 0.05) is 23.8 Å². The zero-order valence-electron chi connectivity index (χ0n) is 13.8. The van der Waals surface area contributed by atoms with E-state index in [1.807, 2.05) is 12.1 Å². The van der Waals surface area contributed by atoms with E-state index >= 15 is 0 Å². The molecular weight excluding hydrogens is 309 g/mol. The normalized spacial score (nSPS) is 22.9. The average Bonchev–Trinajstić information content (AvgIpc) is 3.16. The second-order valence-corrected chi connectivity index (χ2v) is 7.91. The van der Waals surface area contributed by atoms with Crippen molar-refractivity contribution in [3.8, 4) is 0 Å². The Morgan fingerprint density at radius 2 is 2.09 bits per heavy atom. The van der Waals surface area contributed by atoms with E-state index in [9.17, 15) is 4.39 Å². The molecule has 0 radical (unpaired) electrons. The molecule has 3 nitrogen and oxygen atoms in total. The summed E-state index contributed by atoms with van der Waals surface area (Å²) < 4.78 is 13.1. The van der Waals surface area contributed by atoms with Crippen LogP contribution in [0.5, 0.6) is 0 Å². The quantitative estimate of drug-likeness (QED) is 0.618. The highest BCUT2D eigenvalue weighted by molar-refractivity contribution is 8.00. The zero-order valence-corrected chi connectivity index (χ0v) is 14.6. The number of halogens is 1. The van der Waals surface area contributed by atoms with Crippen molar-refractivity contribution in [2.75, 3.05) is 25.4 Å². The topological polar surface area (TPSA) is 36.4 Å². The van der Waals surface area contributed by atoms with Crippen LogP contribution in [0.15, 0.2) is 29.3 Å². The van der Waals surface area contributed by atoms with Crippen LogP contribution in [-0.4, -0.2) is 36.6 Å². The lowest BCUT2D eigenvalue weighted by molar-refractivity contribution is 0.623. The predicted octanol–water partition coefficient (Wildman–Crippen LogP) is 3.31. The first kappa shape index (κ1) is 16.6. The maximum Gasteiger partial charge on any atom is 0.191 e. The summed E-state index contributed by atoms with van der Waals surface area (Å²) in [4.78, 5) is 4.80. The van der Waals surface area contributed by atoms with Crippen molar-refractivity contribution in [3.63, 3.8) is 0 Å². The first-order valence-corrected chi connectivity index (χ1v) is 9.66. The lowest BCUT2D eigenvalue weighted by Gasteiger charge is -2.17. The number of aliphatic imine (C=N–C) groups is 1. The Kier molecular flexibility index (Phi) is 5.46. The molecule has 2 N–H and O–H groups in total. The summed E-state index contributed by atoms with van der Waals surface area (Å²) in [7, 11) is 0. The lowest BCUT2D eigenvalue weighted by Crippen LogP contribution is -2.40. The number of guanidine groups is 1. The van der Waals surface area contributed by atoms with Gasteiger partial charge in [0.05, 0.1) is 6.54 Å². The van der Waals surface area contributed by atoms with E-state index in [-0.39, 0.29) is 11.2 Å². The van der Waals surface area contributed by atoms with E-state index in [0.29, 0.717) is 5.25 Å². The van der Waals surface area contributed by atoms with E-state index in [0.717, 1.165) is 38.4 Å². The van der Waals surface area contributed by atoms with Gasteiger partial charge in [0.15, 0.2) is 5.96 Å². The minimum Gasteiger partial charge on any atom is -0.357 e. The van der Waals surface area contributed by atoms with Crippen molar-refractivity contribution in [2.24, 2.45) is 4.99 Å². The van der Waals surface area contributed by atoms with E-state index < -0.39 is 0 Å². The van der Waals surface area contributed by atoms with Gasteiger partial charge < -0.3 is 10.6 Å². The van der Waals surface area contributed by atoms with Crippen molar-refractivity contribution in [1.82, 2.24) is 10.6 Å². The smallest absolute Gasteiger partial charge is 0.191 e. The Balaban J connectivity index is 1.59. The van der Waals surface area contributed by atoms with Crippen LogP contribution in [0.2, 0.25) is 0 Å². The molecule has 2 aliphatic rings. The molecule has 23 heavy (non-hydrogen) atoms. The molecule has 5 heteroatoms. The number of nitrogens with one attached hydrogen (secondary N) is 2. The van der Waals surface area contributed by atoms with Crippen LogP contribution in [-0.2, 0) is 5.41 Å². The highest BCUT2D eigenvalue weighted by atomic mass is 32.2. The summed E-state index contributed by atoms with van der Waals surface area (Å²) in [5.74, 6) is 2.03. The maximum atomic E-state index is 13.1. The molecule has 1 saturated carbocycles. The van der Waals surface area contributed by atoms with Crippen LogP contribution in [0.25, 0.3) is 0 Å². The fourth-order valence-electron chi connectivity index (χ4n) is 3.08. The van der Waals surface area contributed by atoms with E-state index in [1.54, 1.807) is 12.1 Å². The molecule has 1 atom stereocenters. The highest BCUT2D eigenvalue weighted by Gasteiger charge is 2.44. The van der Waals surface area contributed by atoms with Gasteiger partial charge in [-0.2, -0.15) is 11.8 Å². The van der Waals surface area contributed by atoms with Crippen molar-refractivity contribution in [3.05, 3.63) is 35.6 Å². The predicted molar refractivity (Wildman–Crippen MR) is 96.8 cm³/mol. The summed E-state index contributed by atoms with van der Waals surface area (Å²) in [5, 5.41) is 7.53. The van der Waals surface area contributed by atoms with Gasteiger partial charge in [0.1, 0.15) is 5.82 Å². The second-order valence-electron chi connectivity index (χ2n) is 6.50. The first-order chi connectivity index (χ1) is 11.2. The largest absolute Gasteiger partial charge is 0.357 e. The highest BCUT2D eigenvalue weighted by Crippen LogP contribution is 2.48. The molecule has 2 fully saturated rings. The lowest BCUT2D eigenvalue weighted by atomic mass is 9.96. The minimum absolute atomic E-state index is 0.123. The molecule has 0 spiro atoms. The van der Waals surface area contributed by atoms with E-state index in [4.69, 9.17) is 4.99 Å². The Labute approximate surface area is 142 Å². The van der Waals surface area contributed by atoms with Crippen LogP contribution >= 0.6 is 11.8 Å². The van der Waals surface area contributed by atoms with Gasteiger partial charge in [-0.25, -0.2) is 4.39 Å². The number of benzene rings is 1. The summed E-state index contributed by atoms with van der Waals surface area (Å²) >= 11 is 2.06. The molecule has 0 bridgehead atoms. The van der Waals surface area contributed by atoms with Crippen molar-refractivity contribution >= 4 is 17.7 Å². The third kappa shape index (κ3) is 4.40. The second kappa shape index (κ2) is 7.56. The first-order valence-electron chi connectivity index (χ1n) is 8.62. The fourth-order valence-corrected chi connectivity index (χ4v) is 4.28. The molecule has 1 aliphatic heterocycles. The monoisotopic (exact) mass is 335 g/mol. The Morgan fingerprint density at radius 1 is 1.30 bits per heavy atom. The molecule has 0 amide bonds. The third-order valence-electron chi connectivity index (χ3n) is 4.72. The van der Waals surface area contributed by atoms with Crippen LogP contribution in [0.4, 0.5) is 4.39 Å². The van der Waals surface area contributed by atoms with Crippen molar-refractivity contribution in [1.29, 1.82) is 0 Å². The minimum atomic E-state index is -0.169. The Bertz CT molecular complexity index is 534. The number of nitrogens with zero attached hydrogens (tertiary/aromatic N) is 1. The zero-order chi connectivity index (χ0) is 16.1. The van der Waals surface area contributed by atoms with Crippen LogP contribution in [0.1, 0.15) is 38.2 Å². The Morgan fingerprint density at radius 3 is 2.70 bits per heavy atom. The molecular formula is C18H26FN3S. The standard InChI is InChI=1S/C18H26FN3S/c1-2-20-17(21-12-16-4-3-11-23-16)22-13-18(9-10-18)14-5-7-15(19)8-6-14/h5-8,16H,2-4,9-13H2,1H3,(H2,20,21,22). The molecule has 3 rings (SSSR count). The number of thioether (sulfide) groups is 1. The van der Waals surface area contributed by atoms with Crippen LogP contribution in [0, 0.1) is 5.82 Å². The number of hydrogen-bond acceptors (Lipinski definition) is 2. The van der Waals surface area contributed by atoms with Crippen molar-refractivity contribution in [2.45, 2.75) is 43.3 Å². The molecule has 1 aromatic carbocycles. The van der Waals surface area contributed by atoms with Crippen LogP contribution < -0.4 is 10.6 Å². The van der Waals surface area contributed by atoms with Gasteiger partial charge in [-0.1, -0.05) is 12.1 Å². The van der Waals surface area contributed by atoms with Crippen LogP contribution in [0.3, 0.4) is 0 Å². The van der Waals surface area contributed by atoms with Gasteiger partial charge in [0.2, 0.25) is 0 Å². The summed E-state index contributed by atoms with van der Waals surface area (Å²) in [6.07, 6.45) is 4.91. The molecule has 1 heterocycles. The SMILES string of the molecule is CCNC(=NCC1(c2ccc(F)cc2)CC1)NCC1CCCS1. The molecule has 126 valence electrons. The third-order valence-corrected chi connectivity index (χ3v) is 6.11. The van der Waals surface area contributed by atoms with E-state index in [2.05, 4.69) is 29.3 Å². The molecule has 1 unspecified atom stereocenters. The summed E-state index contributed by atoms with van der Waals surface area (Å²) in [6.45, 7) is 4.72. The summed E-state index contributed by atoms with van der Waals surface area (Å²) in [5.41, 5.74) is 1.34. The van der Waals surface area contributed by atoms with E-state index in [1.165, 1.54) is 24.2 Å². The molecule has 0 aromatic heterocycles.